The third kappa shape index (κ3) is 7.38. The van der Waals surface area contributed by atoms with E-state index in [9.17, 15) is 22.4 Å². The van der Waals surface area contributed by atoms with Crippen LogP contribution >= 0.6 is 0 Å². The molecule has 3 amide bonds. The van der Waals surface area contributed by atoms with Crippen molar-refractivity contribution >= 4 is 33.3 Å². The fourth-order valence-corrected chi connectivity index (χ4v) is 2.04. The molecule has 0 atom stereocenters. The van der Waals surface area contributed by atoms with Gasteiger partial charge in [0.15, 0.2) is 0 Å². The Kier molecular flexibility index (Phi) is 7.11. The molecule has 0 aliphatic rings. The van der Waals surface area contributed by atoms with Crippen molar-refractivity contribution in [2.45, 2.75) is 13.8 Å². The number of urea groups is 1. The second kappa shape index (κ2) is 8.60. The largest absolute Gasteiger partial charge is 0.337 e. The van der Waals surface area contributed by atoms with E-state index in [4.69, 9.17) is 0 Å². The van der Waals surface area contributed by atoms with Gasteiger partial charge in [-0.3, -0.25) is 4.79 Å². The van der Waals surface area contributed by atoms with Crippen LogP contribution in [0.25, 0.3) is 0 Å². The zero-order valence-corrected chi connectivity index (χ0v) is 14.5. The summed E-state index contributed by atoms with van der Waals surface area (Å²) in [6, 6.07) is 3.17. The number of anilines is 2. The molecule has 0 saturated heterocycles. The molecule has 24 heavy (non-hydrogen) atoms. The summed E-state index contributed by atoms with van der Waals surface area (Å²) < 4.78 is 37.6. The van der Waals surface area contributed by atoms with Crippen molar-refractivity contribution in [2.75, 3.05) is 30.0 Å². The van der Waals surface area contributed by atoms with Crippen LogP contribution in [-0.2, 0) is 14.8 Å². The first-order valence-electron chi connectivity index (χ1n) is 7.18. The molecule has 10 heteroatoms. The number of nitrogens with one attached hydrogen (secondary N) is 4. The van der Waals surface area contributed by atoms with E-state index in [1.807, 2.05) is 0 Å². The van der Waals surface area contributed by atoms with E-state index in [0.29, 0.717) is 0 Å². The number of amides is 3. The minimum atomic E-state index is -3.31. The molecule has 0 heterocycles. The summed E-state index contributed by atoms with van der Waals surface area (Å²) in [6.07, 6.45) is 1.01. The third-order valence-electron chi connectivity index (χ3n) is 2.78. The lowest BCUT2D eigenvalue weighted by molar-refractivity contribution is -0.118. The molecular formula is C14H21FN4O4S. The van der Waals surface area contributed by atoms with Crippen LogP contribution in [0.5, 0.6) is 0 Å². The van der Waals surface area contributed by atoms with Crippen LogP contribution in [0.3, 0.4) is 0 Å². The quantitative estimate of drug-likeness (QED) is 0.545. The first-order valence-corrected chi connectivity index (χ1v) is 9.07. The highest BCUT2D eigenvalue weighted by atomic mass is 32.2. The van der Waals surface area contributed by atoms with Gasteiger partial charge in [0.1, 0.15) is 5.82 Å². The van der Waals surface area contributed by atoms with Crippen LogP contribution in [0.4, 0.5) is 20.6 Å². The molecule has 1 aromatic carbocycles. The molecular weight excluding hydrogens is 339 g/mol. The van der Waals surface area contributed by atoms with Crippen molar-refractivity contribution in [3.8, 4) is 0 Å². The van der Waals surface area contributed by atoms with Gasteiger partial charge in [-0.2, -0.15) is 0 Å². The summed E-state index contributed by atoms with van der Waals surface area (Å²) in [5.41, 5.74) is 0.245. The molecule has 0 fully saturated rings. The topological polar surface area (TPSA) is 116 Å². The fraction of sp³-hybridized carbons (Fsp3) is 0.429. The number of hydrogen-bond donors (Lipinski definition) is 4. The van der Waals surface area contributed by atoms with Crippen LogP contribution in [-0.4, -0.2) is 39.7 Å². The summed E-state index contributed by atoms with van der Waals surface area (Å²) in [6.45, 7) is 3.48. The smallest absolute Gasteiger partial charge is 0.319 e. The molecule has 8 nitrogen and oxygen atoms in total. The van der Waals surface area contributed by atoms with E-state index in [-0.39, 0.29) is 36.3 Å². The number of carbonyl (C=O) groups is 2. The lowest BCUT2D eigenvalue weighted by Gasteiger charge is -2.12. The molecule has 1 aromatic rings. The van der Waals surface area contributed by atoms with Gasteiger partial charge in [0.05, 0.1) is 11.9 Å². The molecule has 4 N–H and O–H groups in total. The maximum absolute atomic E-state index is 13.7. The Morgan fingerprint density at radius 3 is 2.42 bits per heavy atom. The van der Waals surface area contributed by atoms with Crippen molar-refractivity contribution in [2.24, 2.45) is 5.92 Å². The maximum Gasteiger partial charge on any atom is 0.319 e. The van der Waals surface area contributed by atoms with Gasteiger partial charge in [0.25, 0.3) is 0 Å². The standard InChI is InChI=1S/C14H21FN4O4S/c1-9(2)13(20)19-12-8-10(4-5-11(12)15)18-14(21)16-6-7-17-24(3,22)23/h4-5,8-9,17H,6-7H2,1-3H3,(H,19,20)(H2,16,18,21). The highest BCUT2D eigenvalue weighted by Crippen LogP contribution is 2.20. The van der Waals surface area contributed by atoms with Gasteiger partial charge in [0.2, 0.25) is 15.9 Å². The molecule has 0 aliphatic carbocycles. The molecule has 0 unspecified atom stereocenters. The van der Waals surface area contributed by atoms with Crippen molar-refractivity contribution in [1.29, 1.82) is 0 Å². The Morgan fingerprint density at radius 1 is 1.17 bits per heavy atom. The average Bonchev–Trinajstić information content (AvgIpc) is 2.46. The van der Waals surface area contributed by atoms with E-state index >= 15 is 0 Å². The molecule has 0 aliphatic heterocycles. The van der Waals surface area contributed by atoms with E-state index in [1.165, 1.54) is 12.1 Å². The minimum absolute atomic E-state index is 0.0368. The summed E-state index contributed by atoms with van der Waals surface area (Å²) in [4.78, 5) is 23.3. The monoisotopic (exact) mass is 360 g/mol. The third-order valence-corrected chi connectivity index (χ3v) is 3.51. The number of sulfonamides is 1. The molecule has 1 rings (SSSR count). The second-order valence-corrected chi connectivity index (χ2v) is 7.22. The van der Waals surface area contributed by atoms with Crippen molar-refractivity contribution < 1.29 is 22.4 Å². The number of benzene rings is 1. The van der Waals surface area contributed by atoms with Crippen LogP contribution < -0.4 is 20.7 Å². The van der Waals surface area contributed by atoms with Crippen LogP contribution in [0, 0.1) is 11.7 Å². The maximum atomic E-state index is 13.7. The predicted octanol–water partition coefficient (Wildman–Crippen LogP) is 1.09. The molecule has 0 saturated carbocycles. The highest BCUT2D eigenvalue weighted by Gasteiger charge is 2.12. The Hall–Kier alpha value is -2.20. The predicted molar refractivity (Wildman–Crippen MR) is 89.7 cm³/mol. The van der Waals surface area contributed by atoms with Gasteiger partial charge in [-0.1, -0.05) is 13.8 Å². The summed E-state index contributed by atoms with van der Waals surface area (Å²) in [5, 5.41) is 7.33. The molecule has 0 spiro atoms. The number of hydrogen-bond acceptors (Lipinski definition) is 4. The van der Waals surface area contributed by atoms with Gasteiger partial charge >= 0.3 is 6.03 Å². The van der Waals surface area contributed by atoms with Gasteiger partial charge in [-0.15, -0.1) is 0 Å². The van der Waals surface area contributed by atoms with Crippen LogP contribution in [0.15, 0.2) is 18.2 Å². The number of halogens is 1. The molecule has 134 valence electrons. The number of carbonyl (C=O) groups excluding carboxylic acids is 2. The van der Waals surface area contributed by atoms with Gasteiger partial charge in [-0.25, -0.2) is 22.3 Å². The zero-order chi connectivity index (χ0) is 18.3. The lowest BCUT2D eigenvalue weighted by atomic mass is 10.2. The molecule has 0 radical (unpaired) electrons. The van der Waals surface area contributed by atoms with E-state index in [1.54, 1.807) is 13.8 Å². The Balaban J connectivity index is 2.58. The summed E-state index contributed by atoms with van der Waals surface area (Å²) in [7, 11) is -3.31. The Morgan fingerprint density at radius 2 is 1.83 bits per heavy atom. The summed E-state index contributed by atoms with van der Waals surface area (Å²) >= 11 is 0. The minimum Gasteiger partial charge on any atom is -0.337 e. The Bertz CT molecular complexity index is 707. The van der Waals surface area contributed by atoms with Crippen LogP contribution in [0.2, 0.25) is 0 Å². The van der Waals surface area contributed by atoms with Crippen LogP contribution in [0.1, 0.15) is 13.8 Å². The van der Waals surface area contributed by atoms with E-state index < -0.39 is 21.9 Å². The van der Waals surface area contributed by atoms with Crippen molar-refractivity contribution in [3.63, 3.8) is 0 Å². The Labute approximate surface area is 140 Å². The van der Waals surface area contributed by atoms with Gasteiger partial charge < -0.3 is 16.0 Å². The van der Waals surface area contributed by atoms with Gasteiger partial charge in [0, 0.05) is 24.7 Å². The van der Waals surface area contributed by atoms with E-state index in [2.05, 4.69) is 20.7 Å². The number of rotatable bonds is 7. The fourth-order valence-electron chi connectivity index (χ4n) is 1.56. The lowest BCUT2D eigenvalue weighted by Crippen LogP contribution is -2.36. The molecule has 0 bridgehead atoms. The highest BCUT2D eigenvalue weighted by molar-refractivity contribution is 7.88. The van der Waals surface area contributed by atoms with Crippen molar-refractivity contribution in [3.05, 3.63) is 24.0 Å². The zero-order valence-electron chi connectivity index (χ0n) is 13.6. The molecule has 0 aromatic heterocycles. The van der Waals surface area contributed by atoms with Gasteiger partial charge in [-0.05, 0) is 18.2 Å². The van der Waals surface area contributed by atoms with Crippen molar-refractivity contribution in [1.82, 2.24) is 10.0 Å². The normalized spacial score (nSPS) is 11.2. The average molecular weight is 360 g/mol. The SMILES string of the molecule is CC(C)C(=O)Nc1cc(NC(=O)NCCNS(C)(=O)=O)ccc1F. The second-order valence-electron chi connectivity index (χ2n) is 5.39. The first-order chi connectivity index (χ1) is 11.1. The first kappa shape index (κ1) is 19.8. The summed E-state index contributed by atoms with van der Waals surface area (Å²) in [5.74, 6) is -1.28. The van der Waals surface area contributed by atoms with E-state index in [0.717, 1.165) is 12.3 Å².